The van der Waals surface area contributed by atoms with Crippen molar-refractivity contribution in [1.29, 1.82) is 0 Å². The van der Waals surface area contributed by atoms with Crippen molar-refractivity contribution in [2.75, 3.05) is 31.1 Å². The molecule has 1 amide bonds. The summed E-state index contributed by atoms with van der Waals surface area (Å²) in [6.45, 7) is 1.47. The molecule has 1 fully saturated rings. The van der Waals surface area contributed by atoms with Gasteiger partial charge in [-0.3, -0.25) is 9.48 Å². The Balaban J connectivity index is 1.66. The topological polar surface area (TPSA) is 80.0 Å². The normalized spacial score (nSPS) is 15.7. The van der Waals surface area contributed by atoms with Gasteiger partial charge in [0.2, 0.25) is 0 Å². The van der Waals surface area contributed by atoms with E-state index in [2.05, 4.69) is 20.3 Å². The number of aryl methyl sites for hydroxylation is 1. The maximum atomic E-state index is 12.7. The Labute approximate surface area is 134 Å². The highest BCUT2D eigenvalue weighted by Gasteiger charge is 2.33. The van der Waals surface area contributed by atoms with Crippen molar-refractivity contribution in [2.24, 2.45) is 7.05 Å². The minimum absolute atomic E-state index is 0.198. The van der Waals surface area contributed by atoms with Crippen LogP contribution < -0.4 is 4.90 Å². The fourth-order valence-corrected chi connectivity index (χ4v) is 2.42. The number of piperazine rings is 1. The molecule has 3 heterocycles. The van der Waals surface area contributed by atoms with E-state index in [1.807, 2.05) is 0 Å². The number of hydrogen-bond acceptors (Lipinski definition) is 6. The van der Waals surface area contributed by atoms with Crippen molar-refractivity contribution in [3.63, 3.8) is 0 Å². The maximum absolute atomic E-state index is 12.7. The Morgan fingerprint density at radius 2 is 1.88 bits per heavy atom. The number of nitrogens with zero attached hydrogens (tertiary/aromatic N) is 7. The van der Waals surface area contributed by atoms with Crippen LogP contribution >= 0.6 is 0 Å². The van der Waals surface area contributed by atoms with Crippen LogP contribution in [0.2, 0.25) is 0 Å². The van der Waals surface area contributed by atoms with Gasteiger partial charge in [0.25, 0.3) is 5.91 Å². The Morgan fingerprint density at radius 3 is 2.46 bits per heavy atom. The van der Waals surface area contributed by atoms with Gasteiger partial charge in [-0.25, -0.2) is 9.97 Å². The molecule has 0 aromatic carbocycles. The molecule has 1 aliphatic rings. The average molecular weight is 341 g/mol. The van der Waals surface area contributed by atoms with Crippen LogP contribution in [0, 0.1) is 0 Å². The van der Waals surface area contributed by atoms with Gasteiger partial charge in [-0.2, -0.15) is 13.2 Å². The molecule has 2 aromatic rings. The zero-order valence-electron chi connectivity index (χ0n) is 12.7. The fraction of sp³-hybridized carbons (Fsp3) is 0.462. The number of carbonyl (C=O) groups excluding carboxylic acids is 1. The number of halogens is 3. The second-order valence-electron chi connectivity index (χ2n) is 5.32. The van der Waals surface area contributed by atoms with E-state index in [4.69, 9.17) is 0 Å². The number of carbonyl (C=O) groups is 1. The van der Waals surface area contributed by atoms with Crippen molar-refractivity contribution >= 4 is 11.7 Å². The summed E-state index contributed by atoms with van der Waals surface area (Å²) in [5.74, 6) is -0.0506. The summed E-state index contributed by atoms with van der Waals surface area (Å²) in [6, 6.07) is 0.917. The molecule has 0 bridgehead atoms. The Bertz CT molecular complexity index is 737. The molecule has 0 aliphatic carbocycles. The maximum Gasteiger partial charge on any atom is 0.433 e. The zero-order valence-corrected chi connectivity index (χ0v) is 12.7. The van der Waals surface area contributed by atoms with Gasteiger partial charge in [0, 0.05) is 39.3 Å². The van der Waals surface area contributed by atoms with Gasteiger partial charge in [0.05, 0.1) is 6.20 Å². The molecule has 0 saturated carbocycles. The lowest BCUT2D eigenvalue weighted by Crippen LogP contribution is -2.49. The van der Waals surface area contributed by atoms with E-state index in [1.165, 1.54) is 10.9 Å². The summed E-state index contributed by atoms with van der Waals surface area (Å²) in [6.07, 6.45) is -2.09. The third-order valence-corrected chi connectivity index (χ3v) is 3.66. The zero-order chi connectivity index (χ0) is 17.3. The molecular formula is C13H14F3N7O. The van der Waals surface area contributed by atoms with Gasteiger partial charge < -0.3 is 9.80 Å². The summed E-state index contributed by atoms with van der Waals surface area (Å²) in [7, 11) is 1.66. The molecule has 0 spiro atoms. The van der Waals surface area contributed by atoms with Crippen LogP contribution in [0.25, 0.3) is 0 Å². The Hall–Kier alpha value is -2.72. The highest BCUT2D eigenvalue weighted by Crippen LogP contribution is 2.29. The van der Waals surface area contributed by atoms with Crippen LogP contribution in [0.1, 0.15) is 16.2 Å². The summed E-state index contributed by atoms with van der Waals surface area (Å²) in [4.78, 5) is 22.7. The molecule has 11 heteroatoms. The molecule has 3 rings (SSSR count). The van der Waals surface area contributed by atoms with E-state index in [-0.39, 0.29) is 17.4 Å². The first kappa shape index (κ1) is 16.1. The predicted molar refractivity (Wildman–Crippen MR) is 76.2 cm³/mol. The molecule has 8 nitrogen and oxygen atoms in total. The lowest BCUT2D eigenvalue weighted by Gasteiger charge is -2.35. The summed E-state index contributed by atoms with van der Waals surface area (Å²) in [5, 5.41) is 7.48. The predicted octanol–water partition coefficient (Wildman–Crippen LogP) is 0.586. The number of rotatable bonds is 2. The fourth-order valence-electron chi connectivity index (χ4n) is 2.42. The number of anilines is 1. The molecule has 1 saturated heterocycles. The number of aromatic nitrogens is 5. The SMILES string of the molecule is Cn1cc(C(=O)N2CCN(c3cc(C(F)(F)F)ncn3)CC2)nn1. The van der Waals surface area contributed by atoms with Crippen LogP contribution in [0.15, 0.2) is 18.6 Å². The molecular weight excluding hydrogens is 327 g/mol. The van der Waals surface area contributed by atoms with Crippen LogP contribution in [-0.4, -0.2) is 61.9 Å². The largest absolute Gasteiger partial charge is 0.433 e. The van der Waals surface area contributed by atoms with Crippen molar-refractivity contribution in [2.45, 2.75) is 6.18 Å². The third kappa shape index (κ3) is 3.29. The van der Waals surface area contributed by atoms with Crippen LogP contribution in [0.5, 0.6) is 0 Å². The second-order valence-corrected chi connectivity index (χ2v) is 5.32. The number of alkyl halides is 3. The van der Waals surface area contributed by atoms with E-state index in [1.54, 1.807) is 16.8 Å². The van der Waals surface area contributed by atoms with Gasteiger partial charge in [-0.1, -0.05) is 5.21 Å². The molecule has 24 heavy (non-hydrogen) atoms. The van der Waals surface area contributed by atoms with Crippen LogP contribution in [0.4, 0.5) is 19.0 Å². The van der Waals surface area contributed by atoms with Gasteiger partial charge in [0.1, 0.15) is 17.8 Å². The lowest BCUT2D eigenvalue weighted by molar-refractivity contribution is -0.141. The summed E-state index contributed by atoms with van der Waals surface area (Å²) in [5.41, 5.74) is -0.738. The standard InChI is InChI=1S/C13H14F3N7O/c1-21-7-9(19-20-21)12(24)23-4-2-22(3-5-23)11-6-10(13(14,15)16)17-8-18-11/h6-8H,2-5H2,1H3. The van der Waals surface area contributed by atoms with Crippen molar-refractivity contribution in [3.8, 4) is 0 Å². The summed E-state index contributed by atoms with van der Waals surface area (Å²) < 4.78 is 39.6. The van der Waals surface area contributed by atoms with Gasteiger partial charge in [-0.05, 0) is 0 Å². The number of hydrogen-bond donors (Lipinski definition) is 0. The summed E-state index contributed by atoms with van der Waals surface area (Å²) >= 11 is 0. The van der Waals surface area contributed by atoms with E-state index < -0.39 is 11.9 Å². The van der Waals surface area contributed by atoms with Gasteiger partial charge in [0.15, 0.2) is 5.69 Å². The molecule has 0 radical (unpaired) electrons. The van der Waals surface area contributed by atoms with Crippen molar-refractivity contribution in [3.05, 3.63) is 30.0 Å². The molecule has 128 valence electrons. The van der Waals surface area contributed by atoms with Gasteiger partial charge in [-0.15, -0.1) is 5.10 Å². The molecule has 0 unspecified atom stereocenters. The van der Waals surface area contributed by atoms with Crippen molar-refractivity contribution in [1.82, 2.24) is 29.9 Å². The minimum atomic E-state index is -4.51. The number of amides is 1. The van der Waals surface area contributed by atoms with E-state index in [0.717, 1.165) is 12.4 Å². The Morgan fingerprint density at radius 1 is 1.17 bits per heavy atom. The van der Waals surface area contributed by atoms with Crippen LogP contribution in [-0.2, 0) is 13.2 Å². The third-order valence-electron chi connectivity index (χ3n) is 3.66. The monoisotopic (exact) mass is 341 g/mol. The minimum Gasteiger partial charge on any atom is -0.353 e. The van der Waals surface area contributed by atoms with Crippen LogP contribution in [0.3, 0.4) is 0 Å². The van der Waals surface area contributed by atoms with Crippen molar-refractivity contribution < 1.29 is 18.0 Å². The molecule has 0 N–H and O–H groups in total. The first-order valence-corrected chi connectivity index (χ1v) is 7.14. The molecule has 0 atom stereocenters. The smallest absolute Gasteiger partial charge is 0.353 e. The molecule has 1 aliphatic heterocycles. The highest BCUT2D eigenvalue weighted by molar-refractivity contribution is 5.92. The highest BCUT2D eigenvalue weighted by atomic mass is 19.4. The average Bonchev–Trinajstić information content (AvgIpc) is 3.00. The Kier molecular flexibility index (Phi) is 4.08. The molecule has 2 aromatic heterocycles. The quantitative estimate of drug-likeness (QED) is 0.795. The van der Waals surface area contributed by atoms with E-state index in [0.29, 0.717) is 26.2 Å². The lowest BCUT2D eigenvalue weighted by atomic mass is 10.2. The first-order valence-electron chi connectivity index (χ1n) is 7.14. The van der Waals surface area contributed by atoms with E-state index in [9.17, 15) is 18.0 Å². The first-order chi connectivity index (χ1) is 11.3. The van der Waals surface area contributed by atoms with E-state index >= 15 is 0 Å². The second kappa shape index (κ2) is 6.06. The van der Waals surface area contributed by atoms with Gasteiger partial charge >= 0.3 is 6.18 Å².